The highest BCUT2D eigenvalue weighted by Gasteiger charge is 2.08. The fourth-order valence-electron chi connectivity index (χ4n) is 1.93. The van der Waals surface area contributed by atoms with Crippen LogP contribution in [0, 0.1) is 0 Å². The maximum absolute atomic E-state index is 11.2. The van der Waals surface area contributed by atoms with E-state index in [0.29, 0.717) is 19.1 Å². The van der Waals surface area contributed by atoms with E-state index in [4.69, 9.17) is 4.74 Å². The summed E-state index contributed by atoms with van der Waals surface area (Å²) in [6.07, 6.45) is 2.36. The molecule has 0 radical (unpaired) electrons. The Morgan fingerprint density at radius 3 is 2.61 bits per heavy atom. The van der Waals surface area contributed by atoms with Gasteiger partial charge in [-0.2, -0.15) is 0 Å². The van der Waals surface area contributed by atoms with Gasteiger partial charge in [0.1, 0.15) is 0 Å². The summed E-state index contributed by atoms with van der Waals surface area (Å²) in [5.74, 6) is -0.105. The van der Waals surface area contributed by atoms with Crippen molar-refractivity contribution >= 4 is 5.97 Å². The molecule has 1 aromatic rings. The molecule has 0 aromatic heterocycles. The van der Waals surface area contributed by atoms with Gasteiger partial charge in [0.25, 0.3) is 0 Å². The van der Waals surface area contributed by atoms with Crippen molar-refractivity contribution in [2.75, 3.05) is 13.2 Å². The second kappa shape index (κ2) is 8.70. The summed E-state index contributed by atoms with van der Waals surface area (Å²) in [7, 11) is 0. The van der Waals surface area contributed by atoms with Crippen molar-refractivity contribution in [1.29, 1.82) is 0 Å². The molecule has 0 saturated heterocycles. The van der Waals surface area contributed by atoms with E-state index in [1.807, 2.05) is 13.0 Å². The Labute approximate surface area is 110 Å². The smallest absolute Gasteiger partial charge is 0.305 e. The van der Waals surface area contributed by atoms with Gasteiger partial charge in [0.2, 0.25) is 0 Å². The van der Waals surface area contributed by atoms with E-state index in [0.717, 1.165) is 19.4 Å². The lowest BCUT2D eigenvalue weighted by Gasteiger charge is -2.17. The van der Waals surface area contributed by atoms with Crippen LogP contribution in [-0.4, -0.2) is 19.1 Å². The first kappa shape index (κ1) is 14.7. The van der Waals surface area contributed by atoms with E-state index in [1.165, 1.54) is 5.56 Å². The Bertz CT molecular complexity index is 338. The molecule has 1 unspecified atom stereocenters. The van der Waals surface area contributed by atoms with Gasteiger partial charge in [-0.1, -0.05) is 37.3 Å². The molecule has 0 aliphatic rings. The molecule has 0 saturated carbocycles. The molecule has 3 heteroatoms. The van der Waals surface area contributed by atoms with Gasteiger partial charge in [-0.3, -0.25) is 4.79 Å². The van der Waals surface area contributed by atoms with Gasteiger partial charge in [-0.05, 0) is 31.9 Å². The van der Waals surface area contributed by atoms with Crippen LogP contribution in [0.25, 0.3) is 0 Å². The Morgan fingerprint density at radius 2 is 2.00 bits per heavy atom. The summed E-state index contributed by atoms with van der Waals surface area (Å²) in [4.78, 5) is 11.2. The minimum absolute atomic E-state index is 0.105. The van der Waals surface area contributed by atoms with E-state index in [1.54, 1.807) is 0 Å². The Hall–Kier alpha value is -1.35. The molecule has 0 spiro atoms. The summed E-state index contributed by atoms with van der Waals surface area (Å²) in [5, 5.41) is 3.48. The average molecular weight is 249 g/mol. The van der Waals surface area contributed by atoms with Crippen LogP contribution in [0.2, 0.25) is 0 Å². The van der Waals surface area contributed by atoms with Crippen LogP contribution in [0.4, 0.5) is 0 Å². The molecule has 0 aliphatic heterocycles. The van der Waals surface area contributed by atoms with E-state index in [9.17, 15) is 4.79 Å². The number of hydrogen-bond donors (Lipinski definition) is 1. The molecule has 18 heavy (non-hydrogen) atoms. The third-order valence-electron chi connectivity index (χ3n) is 2.86. The standard InChI is InChI=1S/C15H23NO2/c1-3-14(13-9-6-5-7-10-13)16-12-8-11-15(17)18-4-2/h5-7,9-10,14,16H,3-4,8,11-12H2,1-2H3. The lowest BCUT2D eigenvalue weighted by Crippen LogP contribution is -2.22. The Morgan fingerprint density at radius 1 is 1.28 bits per heavy atom. The molecule has 0 aliphatic carbocycles. The quantitative estimate of drug-likeness (QED) is 0.568. The second-order valence-electron chi connectivity index (χ2n) is 4.23. The third-order valence-corrected chi connectivity index (χ3v) is 2.86. The highest BCUT2D eigenvalue weighted by atomic mass is 16.5. The third kappa shape index (κ3) is 5.32. The summed E-state index contributed by atoms with van der Waals surface area (Å²) < 4.78 is 4.89. The van der Waals surface area contributed by atoms with Gasteiger partial charge in [0.15, 0.2) is 0 Å². The number of nitrogens with one attached hydrogen (secondary N) is 1. The van der Waals surface area contributed by atoms with E-state index in [-0.39, 0.29) is 5.97 Å². The minimum Gasteiger partial charge on any atom is -0.466 e. The molecule has 100 valence electrons. The van der Waals surface area contributed by atoms with Gasteiger partial charge in [-0.25, -0.2) is 0 Å². The fourth-order valence-corrected chi connectivity index (χ4v) is 1.93. The zero-order chi connectivity index (χ0) is 13.2. The number of benzene rings is 1. The molecular weight excluding hydrogens is 226 g/mol. The SMILES string of the molecule is CCOC(=O)CCCNC(CC)c1ccccc1. The van der Waals surface area contributed by atoms with Gasteiger partial charge in [0.05, 0.1) is 6.61 Å². The van der Waals surface area contributed by atoms with Crippen molar-refractivity contribution in [3.63, 3.8) is 0 Å². The molecule has 0 heterocycles. The summed E-state index contributed by atoms with van der Waals surface area (Å²) >= 11 is 0. The lowest BCUT2D eigenvalue weighted by atomic mass is 10.0. The fraction of sp³-hybridized carbons (Fsp3) is 0.533. The predicted molar refractivity (Wildman–Crippen MR) is 73.3 cm³/mol. The monoisotopic (exact) mass is 249 g/mol. The van der Waals surface area contributed by atoms with Crippen LogP contribution in [0.5, 0.6) is 0 Å². The molecule has 0 bridgehead atoms. The molecule has 1 aromatic carbocycles. The zero-order valence-corrected chi connectivity index (χ0v) is 11.3. The van der Waals surface area contributed by atoms with Crippen molar-refractivity contribution in [3.8, 4) is 0 Å². The van der Waals surface area contributed by atoms with Crippen LogP contribution in [-0.2, 0) is 9.53 Å². The Balaban J connectivity index is 2.26. The van der Waals surface area contributed by atoms with Gasteiger partial charge in [-0.15, -0.1) is 0 Å². The van der Waals surface area contributed by atoms with Crippen LogP contribution in [0.1, 0.15) is 44.7 Å². The molecule has 1 N–H and O–H groups in total. The normalized spacial score (nSPS) is 12.1. The molecular formula is C15H23NO2. The highest BCUT2D eigenvalue weighted by molar-refractivity contribution is 5.69. The summed E-state index contributed by atoms with van der Waals surface area (Å²) in [5.41, 5.74) is 1.30. The largest absolute Gasteiger partial charge is 0.466 e. The molecule has 3 nitrogen and oxygen atoms in total. The topological polar surface area (TPSA) is 38.3 Å². The minimum atomic E-state index is -0.105. The first-order valence-electron chi connectivity index (χ1n) is 6.71. The molecule has 0 amide bonds. The molecule has 1 rings (SSSR count). The van der Waals surface area contributed by atoms with E-state index < -0.39 is 0 Å². The van der Waals surface area contributed by atoms with Crippen LogP contribution >= 0.6 is 0 Å². The lowest BCUT2D eigenvalue weighted by molar-refractivity contribution is -0.143. The van der Waals surface area contributed by atoms with Crippen LogP contribution in [0.15, 0.2) is 30.3 Å². The average Bonchev–Trinajstić information content (AvgIpc) is 2.40. The zero-order valence-electron chi connectivity index (χ0n) is 11.3. The first-order chi connectivity index (χ1) is 8.77. The van der Waals surface area contributed by atoms with Crippen LogP contribution in [0.3, 0.4) is 0 Å². The summed E-state index contributed by atoms with van der Waals surface area (Å²) in [6.45, 7) is 5.30. The van der Waals surface area contributed by atoms with Crippen molar-refractivity contribution in [1.82, 2.24) is 5.32 Å². The van der Waals surface area contributed by atoms with Crippen molar-refractivity contribution in [2.24, 2.45) is 0 Å². The maximum Gasteiger partial charge on any atom is 0.305 e. The number of ether oxygens (including phenoxy) is 1. The number of rotatable bonds is 8. The van der Waals surface area contributed by atoms with E-state index >= 15 is 0 Å². The first-order valence-corrected chi connectivity index (χ1v) is 6.71. The van der Waals surface area contributed by atoms with Crippen LogP contribution < -0.4 is 5.32 Å². The van der Waals surface area contributed by atoms with Crippen molar-refractivity contribution < 1.29 is 9.53 Å². The predicted octanol–water partition coefficient (Wildman–Crippen LogP) is 3.07. The van der Waals surface area contributed by atoms with Crippen molar-refractivity contribution in [3.05, 3.63) is 35.9 Å². The Kier molecular flexibility index (Phi) is 7.11. The second-order valence-corrected chi connectivity index (χ2v) is 4.23. The number of carbonyl (C=O) groups excluding carboxylic acids is 1. The van der Waals surface area contributed by atoms with E-state index in [2.05, 4.69) is 36.5 Å². The number of esters is 1. The number of carbonyl (C=O) groups is 1. The molecule has 0 fully saturated rings. The van der Waals surface area contributed by atoms with Gasteiger partial charge >= 0.3 is 5.97 Å². The highest BCUT2D eigenvalue weighted by Crippen LogP contribution is 2.15. The number of hydrogen-bond acceptors (Lipinski definition) is 3. The summed E-state index contributed by atoms with van der Waals surface area (Å²) in [6, 6.07) is 10.8. The van der Waals surface area contributed by atoms with Gasteiger partial charge < -0.3 is 10.1 Å². The van der Waals surface area contributed by atoms with Crippen molar-refractivity contribution in [2.45, 2.75) is 39.2 Å². The molecule has 1 atom stereocenters. The maximum atomic E-state index is 11.2. The van der Waals surface area contributed by atoms with Gasteiger partial charge in [0, 0.05) is 12.5 Å².